The monoisotopic (exact) mass is 137 g/mol. The lowest BCUT2D eigenvalue weighted by Crippen LogP contribution is -2.43. The number of hydrogen-bond acceptors (Lipinski definition) is 2. The molecule has 0 aromatic heterocycles. The predicted octanol–water partition coefficient (Wildman–Crippen LogP) is 0.789. The summed E-state index contributed by atoms with van der Waals surface area (Å²) in [6.07, 6.45) is 7.61. The molecule has 0 aromatic carbocycles. The molecule has 2 N–H and O–H groups in total. The molecule has 0 saturated carbocycles. The molecule has 1 rings (SSSR count). The summed E-state index contributed by atoms with van der Waals surface area (Å²) in [4.78, 5) is 11.1. The molecule has 0 heterocycles. The third-order valence-corrected chi connectivity index (χ3v) is 1.60. The lowest BCUT2D eigenvalue weighted by Gasteiger charge is -2.17. The molecule has 1 aliphatic rings. The Morgan fingerprint density at radius 1 is 1.60 bits per heavy atom. The second-order valence-corrected chi connectivity index (χ2v) is 2.77. The van der Waals surface area contributed by atoms with E-state index in [-0.39, 0.29) is 5.78 Å². The van der Waals surface area contributed by atoms with Crippen molar-refractivity contribution in [2.75, 3.05) is 0 Å². The zero-order valence-corrected chi connectivity index (χ0v) is 6.00. The maximum atomic E-state index is 11.1. The molecule has 54 valence electrons. The van der Waals surface area contributed by atoms with Gasteiger partial charge in [-0.25, -0.2) is 0 Å². The average Bonchev–Trinajstić information content (AvgIpc) is 1.96. The molecule has 0 fully saturated rings. The van der Waals surface area contributed by atoms with E-state index in [0.29, 0.717) is 6.42 Å². The summed E-state index contributed by atoms with van der Waals surface area (Å²) in [5.41, 5.74) is 4.98. The van der Waals surface area contributed by atoms with Crippen LogP contribution in [-0.4, -0.2) is 11.3 Å². The van der Waals surface area contributed by atoms with Crippen LogP contribution in [0.3, 0.4) is 0 Å². The van der Waals surface area contributed by atoms with Crippen molar-refractivity contribution in [2.24, 2.45) is 5.73 Å². The van der Waals surface area contributed by atoms with Crippen molar-refractivity contribution in [3.05, 3.63) is 24.3 Å². The highest BCUT2D eigenvalue weighted by atomic mass is 16.1. The largest absolute Gasteiger partial charge is 0.319 e. The molecule has 0 saturated heterocycles. The highest BCUT2D eigenvalue weighted by Crippen LogP contribution is 2.11. The van der Waals surface area contributed by atoms with Gasteiger partial charge in [-0.2, -0.15) is 0 Å². The summed E-state index contributed by atoms with van der Waals surface area (Å²) >= 11 is 0. The topological polar surface area (TPSA) is 43.1 Å². The van der Waals surface area contributed by atoms with Crippen LogP contribution < -0.4 is 5.73 Å². The van der Waals surface area contributed by atoms with Crippen LogP contribution in [-0.2, 0) is 4.79 Å². The molecule has 10 heavy (non-hydrogen) atoms. The molecule has 0 radical (unpaired) electrons. The van der Waals surface area contributed by atoms with Crippen molar-refractivity contribution in [3.63, 3.8) is 0 Å². The molecule has 2 heteroatoms. The summed E-state index contributed by atoms with van der Waals surface area (Å²) in [7, 11) is 0. The van der Waals surface area contributed by atoms with Crippen LogP contribution in [0.5, 0.6) is 0 Å². The number of allylic oxidation sites excluding steroid dienone is 2. The quantitative estimate of drug-likeness (QED) is 0.536. The highest BCUT2D eigenvalue weighted by Gasteiger charge is 2.24. The van der Waals surface area contributed by atoms with Crippen LogP contribution in [0.15, 0.2) is 24.3 Å². The normalized spacial score (nSPS) is 32.4. The van der Waals surface area contributed by atoms with Crippen LogP contribution in [0.1, 0.15) is 13.3 Å². The fraction of sp³-hybridized carbons (Fsp3) is 0.375. The smallest absolute Gasteiger partial charge is 0.175 e. The van der Waals surface area contributed by atoms with E-state index in [4.69, 9.17) is 5.73 Å². The van der Waals surface area contributed by atoms with E-state index in [1.807, 2.05) is 12.2 Å². The van der Waals surface area contributed by atoms with Gasteiger partial charge in [0.05, 0.1) is 5.54 Å². The Hall–Kier alpha value is -0.890. The van der Waals surface area contributed by atoms with Crippen molar-refractivity contribution >= 4 is 5.78 Å². The first kappa shape index (κ1) is 7.22. The standard InChI is InChI=1S/C8H11NO/c1-8(9)6-4-2-3-5-7(8)10/h2-5H,6,9H2,1H3. The van der Waals surface area contributed by atoms with E-state index < -0.39 is 5.54 Å². The van der Waals surface area contributed by atoms with Crippen molar-refractivity contribution in [2.45, 2.75) is 18.9 Å². The first-order valence-electron chi connectivity index (χ1n) is 3.29. The number of hydrogen-bond donors (Lipinski definition) is 1. The number of nitrogens with two attached hydrogens (primary N) is 1. The van der Waals surface area contributed by atoms with E-state index in [0.717, 1.165) is 0 Å². The molecule has 0 aliphatic heterocycles. The first-order chi connectivity index (χ1) is 4.63. The Bertz CT molecular complexity index is 201. The lowest BCUT2D eigenvalue weighted by atomic mass is 9.95. The number of rotatable bonds is 0. The van der Waals surface area contributed by atoms with E-state index >= 15 is 0 Å². The van der Waals surface area contributed by atoms with Crippen molar-refractivity contribution < 1.29 is 4.79 Å². The van der Waals surface area contributed by atoms with Crippen LogP contribution in [0, 0.1) is 0 Å². The molecule has 1 unspecified atom stereocenters. The van der Waals surface area contributed by atoms with Crippen LogP contribution in [0.2, 0.25) is 0 Å². The maximum absolute atomic E-state index is 11.1. The molecule has 2 nitrogen and oxygen atoms in total. The van der Waals surface area contributed by atoms with Gasteiger partial charge in [0.25, 0.3) is 0 Å². The minimum Gasteiger partial charge on any atom is -0.319 e. The van der Waals surface area contributed by atoms with Crippen LogP contribution >= 0.6 is 0 Å². The van der Waals surface area contributed by atoms with Gasteiger partial charge in [-0.15, -0.1) is 0 Å². The zero-order valence-electron chi connectivity index (χ0n) is 6.00. The predicted molar refractivity (Wildman–Crippen MR) is 40.5 cm³/mol. The van der Waals surface area contributed by atoms with Gasteiger partial charge >= 0.3 is 0 Å². The fourth-order valence-corrected chi connectivity index (χ4v) is 0.825. The summed E-state index contributed by atoms with van der Waals surface area (Å²) in [5.74, 6) is -0.00231. The zero-order chi connectivity index (χ0) is 7.61. The van der Waals surface area contributed by atoms with Crippen molar-refractivity contribution in [1.29, 1.82) is 0 Å². The molecular formula is C8H11NO. The minimum absolute atomic E-state index is 0.00231. The summed E-state index contributed by atoms with van der Waals surface area (Å²) in [5, 5.41) is 0. The molecule has 0 bridgehead atoms. The Labute approximate surface area is 60.4 Å². The number of carbonyl (C=O) groups is 1. The molecule has 0 spiro atoms. The van der Waals surface area contributed by atoms with E-state index in [1.165, 1.54) is 6.08 Å². The second-order valence-electron chi connectivity index (χ2n) is 2.77. The van der Waals surface area contributed by atoms with Gasteiger partial charge in [0.15, 0.2) is 5.78 Å². The van der Waals surface area contributed by atoms with Gasteiger partial charge in [-0.3, -0.25) is 4.79 Å². The molecule has 1 atom stereocenters. The Balaban J connectivity index is 2.86. The second kappa shape index (κ2) is 2.39. The third kappa shape index (κ3) is 1.33. The van der Waals surface area contributed by atoms with Gasteiger partial charge in [0.1, 0.15) is 0 Å². The minimum atomic E-state index is -0.691. The van der Waals surface area contributed by atoms with E-state index in [1.54, 1.807) is 13.0 Å². The van der Waals surface area contributed by atoms with Crippen molar-refractivity contribution in [1.82, 2.24) is 0 Å². The van der Waals surface area contributed by atoms with E-state index in [2.05, 4.69) is 0 Å². The van der Waals surface area contributed by atoms with Crippen LogP contribution in [0.25, 0.3) is 0 Å². The summed E-state index contributed by atoms with van der Waals surface area (Å²) < 4.78 is 0. The maximum Gasteiger partial charge on any atom is 0.175 e. The van der Waals surface area contributed by atoms with Gasteiger partial charge in [-0.05, 0) is 19.4 Å². The SMILES string of the molecule is CC1(N)CC=CC=CC1=O. The van der Waals surface area contributed by atoms with Crippen LogP contribution in [0.4, 0.5) is 0 Å². The molecular weight excluding hydrogens is 126 g/mol. The van der Waals surface area contributed by atoms with Gasteiger partial charge in [0.2, 0.25) is 0 Å². The summed E-state index contributed by atoms with van der Waals surface area (Å²) in [6.45, 7) is 1.75. The van der Waals surface area contributed by atoms with E-state index in [9.17, 15) is 4.79 Å². The average molecular weight is 137 g/mol. The fourth-order valence-electron chi connectivity index (χ4n) is 0.825. The molecule has 0 aromatic rings. The first-order valence-corrected chi connectivity index (χ1v) is 3.29. The Kier molecular flexibility index (Phi) is 1.72. The number of carbonyl (C=O) groups excluding carboxylic acids is 1. The molecule has 1 aliphatic carbocycles. The van der Waals surface area contributed by atoms with Crippen molar-refractivity contribution in [3.8, 4) is 0 Å². The van der Waals surface area contributed by atoms with Gasteiger partial charge < -0.3 is 5.73 Å². The Morgan fingerprint density at radius 2 is 2.30 bits per heavy atom. The third-order valence-electron chi connectivity index (χ3n) is 1.60. The number of ketones is 1. The summed E-state index contributed by atoms with van der Waals surface area (Å²) in [6, 6.07) is 0. The Morgan fingerprint density at radius 3 is 3.00 bits per heavy atom. The highest BCUT2D eigenvalue weighted by molar-refractivity contribution is 5.98. The van der Waals surface area contributed by atoms with Gasteiger partial charge in [-0.1, -0.05) is 18.2 Å². The molecule has 0 amide bonds. The lowest BCUT2D eigenvalue weighted by molar-refractivity contribution is -0.118. The van der Waals surface area contributed by atoms with Gasteiger partial charge in [0, 0.05) is 0 Å².